The zero-order valence-corrected chi connectivity index (χ0v) is 13.1. The predicted molar refractivity (Wildman–Crippen MR) is 75.9 cm³/mol. The van der Waals surface area contributed by atoms with Gasteiger partial charge in [-0.2, -0.15) is 0 Å². The summed E-state index contributed by atoms with van der Waals surface area (Å²) in [6.07, 6.45) is 5.05. The molecule has 0 heterocycles. The molecule has 0 spiro atoms. The number of unbranched alkanes of at least 4 members (excludes halogenated alkanes) is 2. The van der Waals surface area contributed by atoms with Gasteiger partial charge in [0.15, 0.2) is 6.29 Å². The third-order valence-corrected chi connectivity index (χ3v) is 2.51. The molecule has 0 rings (SSSR count). The molecule has 112 valence electrons. The molecule has 0 saturated carbocycles. The van der Waals surface area contributed by atoms with Gasteiger partial charge in [-0.15, -0.1) is 0 Å². The fourth-order valence-corrected chi connectivity index (χ4v) is 1.72. The molecule has 0 radical (unpaired) electrons. The summed E-state index contributed by atoms with van der Waals surface area (Å²) in [4.78, 5) is 11.8. The molecule has 0 atom stereocenters. The van der Waals surface area contributed by atoms with Crippen LogP contribution in [0.4, 0.5) is 0 Å². The monoisotopic (exact) mass is 272 g/mol. The van der Waals surface area contributed by atoms with Crippen molar-refractivity contribution in [2.75, 3.05) is 14.2 Å². The van der Waals surface area contributed by atoms with Gasteiger partial charge in [0.1, 0.15) is 5.60 Å². The minimum absolute atomic E-state index is 0.349. The van der Waals surface area contributed by atoms with Gasteiger partial charge in [0.25, 0.3) is 0 Å². The third-order valence-electron chi connectivity index (χ3n) is 2.51. The van der Waals surface area contributed by atoms with E-state index < -0.39 is 11.9 Å². The topological polar surface area (TPSA) is 44.8 Å². The Balaban J connectivity index is 4.74. The fraction of sp³-hybridized carbons (Fsp3) is 0.800. The molecule has 0 N–H and O–H groups in total. The molecule has 4 nitrogen and oxygen atoms in total. The van der Waals surface area contributed by atoms with Gasteiger partial charge in [-0.3, -0.25) is 0 Å². The lowest BCUT2D eigenvalue weighted by Crippen LogP contribution is -2.24. The van der Waals surface area contributed by atoms with E-state index >= 15 is 0 Å². The maximum Gasteiger partial charge on any atom is 0.331 e. The number of carbonyl (C=O) groups is 1. The van der Waals surface area contributed by atoms with Crippen molar-refractivity contribution >= 4 is 5.97 Å². The van der Waals surface area contributed by atoms with Crippen LogP contribution in [-0.2, 0) is 19.0 Å². The number of ether oxygens (including phenoxy) is 3. The van der Waals surface area contributed by atoms with Crippen LogP contribution in [0, 0.1) is 0 Å². The first-order valence-corrected chi connectivity index (χ1v) is 6.83. The Labute approximate surface area is 117 Å². The van der Waals surface area contributed by atoms with Gasteiger partial charge < -0.3 is 14.2 Å². The molecule has 0 bridgehead atoms. The van der Waals surface area contributed by atoms with Crippen molar-refractivity contribution in [2.45, 2.75) is 65.3 Å². The molecule has 0 aliphatic rings. The molecule has 0 saturated heterocycles. The lowest BCUT2D eigenvalue weighted by Gasteiger charge is -2.20. The van der Waals surface area contributed by atoms with Gasteiger partial charge in [-0.05, 0) is 39.2 Å². The van der Waals surface area contributed by atoms with Crippen molar-refractivity contribution in [3.63, 3.8) is 0 Å². The smallest absolute Gasteiger partial charge is 0.331 e. The molecular formula is C15H28O4. The maximum absolute atomic E-state index is 11.8. The fourth-order valence-electron chi connectivity index (χ4n) is 1.72. The van der Waals surface area contributed by atoms with Crippen LogP contribution in [0.15, 0.2) is 11.6 Å². The highest BCUT2D eigenvalue weighted by Gasteiger charge is 2.18. The summed E-state index contributed by atoms with van der Waals surface area (Å²) in [6, 6.07) is 0. The first-order chi connectivity index (χ1) is 8.84. The summed E-state index contributed by atoms with van der Waals surface area (Å²) in [5.74, 6) is -0.349. The van der Waals surface area contributed by atoms with Gasteiger partial charge in [-0.1, -0.05) is 19.8 Å². The Morgan fingerprint density at radius 3 is 2.16 bits per heavy atom. The van der Waals surface area contributed by atoms with Crippen molar-refractivity contribution in [3.05, 3.63) is 11.6 Å². The third kappa shape index (κ3) is 8.78. The number of hydrogen-bond donors (Lipinski definition) is 0. The van der Waals surface area contributed by atoms with Crippen LogP contribution in [0.2, 0.25) is 0 Å². The number of carbonyl (C=O) groups excluding carboxylic acids is 1. The van der Waals surface area contributed by atoms with Gasteiger partial charge in [0.05, 0.1) is 0 Å². The molecule has 0 aromatic rings. The molecule has 0 aliphatic heterocycles. The summed E-state index contributed by atoms with van der Waals surface area (Å²) in [5.41, 5.74) is 0.338. The number of rotatable bonds is 8. The predicted octanol–water partition coefficient (Wildman–Crippen LogP) is 3.45. The van der Waals surface area contributed by atoms with Gasteiger partial charge in [0, 0.05) is 20.3 Å². The average Bonchev–Trinajstić information content (AvgIpc) is 2.28. The highest BCUT2D eigenvalue weighted by molar-refractivity contribution is 5.83. The SMILES string of the molecule is CCCCC/C(=C\C(=O)OC(C)(C)C)C(OC)OC. The Bertz CT molecular complexity index is 285. The minimum Gasteiger partial charge on any atom is -0.457 e. The average molecular weight is 272 g/mol. The van der Waals surface area contributed by atoms with E-state index in [1.165, 1.54) is 6.08 Å². The molecule has 4 heteroatoms. The second-order valence-corrected chi connectivity index (χ2v) is 5.51. The van der Waals surface area contributed by atoms with Crippen LogP contribution < -0.4 is 0 Å². The number of hydrogen-bond acceptors (Lipinski definition) is 4. The highest BCUT2D eigenvalue weighted by Crippen LogP contribution is 2.17. The summed E-state index contributed by atoms with van der Waals surface area (Å²) >= 11 is 0. The zero-order valence-electron chi connectivity index (χ0n) is 13.1. The molecule has 0 aromatic carbocycles. The Hall–Kier alpha value is -0.870. The Morgan fingerprint density at radius 2 is 1.74 bits per heavy atom. The summed E-state index contributed by atoms with van der Waals surface area (Å²) in [7, 11) is 3.13. The lowest BCUT2D eigenvalue weighted by molar-refractivity contribution is -0.149. The first kappa shape index (κ1) is 18.1. The van der Waals surface area contributed by atoms with E-state index in [1.54, 1.807) is 14.2 Å². The second kappa shape index (κ2) is 9.10. The molecule has 0 unspecified atom stereocenters. The molecule has 0 aliphatic carbocycles. The van der Waals surface area contributed by atoms with Crippen LogP contribution in [0.5, 0.6) is 0 Å². The highest BCUT2D eigenvalue weighted by atomic mass is 16.7. The van der Waals surface area contributed by atoms with E-state index in [2.05, 4.69) is 6.92 Å². The van der Waals surface area contributed by atoms with Gasteiger partial charge in [-0.25, -0.2) is 4.79 Å². The largest absolute Gasteiger partial charge is 0.457 e. The summed E-state index contributed by atoms with van der Waals surface area (Å²) < 4.78 is 15.7. The van der Waals surface area contributed by atoms with Crippen molar-refractivity contribution in [3.8, 4) is 0 Å². The second-order valence-electron chi connectivity index (χ2n) is 5.51. The minimum atomic E-state index is -0.488. The molecule has 0 amide bonds. The molecule has 0 aromatic heterocycles. The Morgan fingerprint density at radius 1 is 1.16 bits per heavy atom. The van der Waals surface area contributed by atoms with Crippen LogP contribution in [0.25, 0.3) is 0 Å². The van der Waals surface area contributed by atoms with Crippen molar-refractivity contribution < 1.29 is 19.0 Å². The van der Waals surface area contributed by atoms with Crippen molar-refractivity contribution in [1.82, 2.24) is 0 Å². The number of esters is 1. The molecular weight excluding hydrogens is 244 g/mol. The van der Waals surface area contributed by atoms with E-state index in [9.17, 15) is 4.79 Å². The molecule has 19 heavy (non-hydrogen) atoms. The standard InChI is InChI=1S/C15H28O4/c1-7-8-9-10-12(14(17-5)18-6)11-13(16)19-15(2,3)4/h11,14H,7-10H2,1-6H3/b12-11+. The van der Waals surface area contributed by atoms with E-state index in [-0.39, 0.29) is 5.97 Å². The van der Waals surface area contributed by atoms with Crippen LogP contribution >= 0.6 is 0 Å². The van der Waals surface area contributed by atoms with E-state index in [0.29, 0.717) is 0 Å². The summed E-state index contributed by atoms with van der Waals surface area (Å²) in [6.45, 7) is 7.68. The summed E-state index contributed by atoms with van der Waals surface area (Å²) in [5, 5.41) is 0. The normalized spacial score (nSPS) is 12.9. The van der Waals surface area contributed by atoms with Crippen LogP contribution in [0.3, 0.4) is 0 Å². The quantitative estimate of drug-likeness (QED) is 0.294. The van der Waals surface area contributed by atoms with Crippen molar-refractivity contribution in [1.29, 1.82) is 0 Å². The zero-order chi connectivity index (χ0) is 14.9. The Kier molecular flexibility index (Phi) is 8.68. The molecule has 0 fully saturated rings. The van der Waals surface area contributed by atoms with Crippen molar-refractivity contribution in [2.24, 2.45) is 0 Å². The van der Waals surface area contributed by atoms with E-state index in [1.807, 2.05) is 20.8 Å². The number of methoxy groups -OCH3 is 2. The van der Waals surface area contributed by atoms with E-state index in [4.69, 9.17) is 14.2 Å². The van der Waals surface area contributed by atoms with Crippen LogP contribution in [-0.4, -0.2) is 32.1 Å². The van der Waals surface area contributed by atoms with Crippen LogP contribution in [0.1, 0.15) is 53.4 Å². The van der Waals surface area contributed by atoms with E-state index in [0.717, 1.165) is 31.3 Å². The lowest BCUT2D eigenvalue weighted by atomic mass is 10.1. The first-order valence-electron chi connectivity index (χ1n) is 6.83. The van der Waals surface area contributed by atoms with Gasteiger partial charge >= 0.3 is 5.97 Å². The maximum atomic E-state index is 11.8. The van der Waals surface area contributed by atoms with Gasteiger partial charge in [0.2, 0.25) is 0 Å².